The van der Waals surface area contributed by atoms with Gasteiger partial charge in [0.25, 0.3) is 0 Å². The largest absolute Gasteiger partial charge is 0.450 e. The summed E-state index contributed by atoms with van der Waals surface area (Å²) in [6.45, 7) is 0. The molecule has 0 amide bonds. The van der Waals surface area contributed by atoms with E-state index in [0.29, 0.717) is 32.9 Å². The number of halogens is 2. The second-order valence-electron chi connectivity index (χ2n) is 4.06. The van der Waals surface area contributed by atoms with Gasteiger partial charge in [0, 0.05) is 6.08 Å². The maximum absolute atomic E-state index is 13.1. The lowest BCUT2D eigenvalue weighted by atomic mass is 10.2. The molecule has 3 aromatic rings. The summed E-state index contributed by atoms with van der Waals surface area (Å²) in [5.41, 5.74) is 1.45. The third kappa shape index (κ3) is 2.36. The molecule has 0 aliphatic rings. The Kier molecular flexibility index (Phi) is 3.12. The molecule has 2 heterocycles. The topological polar surface area (TPSA) is 65.6 Å². The fraction of sp³-hybridized carbons (Fsp3) is 0. The van der Waals surface area contributed by atoms with E-state index in [4.69, 9.17) is 4.42 Å². The summed E-state index contributed by atoms with van der Waals surface area (Å²) in [6, 6.07) is 9.73. The van der Waals surface area contributed by atoms with E-state index in [1.54, 1.807) is 24.3 Å². The van der Waals surface area contributed by atoms with Gasteiger partial charge >= 0.3 is 0 Å². The van der Waals surface area contributed by atoms with Gasteiger partial charge in [-0.3, -0.25) is 0 Å². The highest BCUT2D eigenvalue weighted by Crippen LogP contribution is 2.22. The van der Waals surface area contributed by atoms with Gasteiger partial charge in [-0.1, -0.05) is 0 Å². The average Bonchev–Trinajstić information content (AvgIpc) is 3.01. The number of fused-ring (bicyclic) bond motifs is 1. The van der Waals surface area contributed by atoms with Crippen LogP contribution in [0.3, 0.4) is 0 Å². The maximum Gasteiger partial charge on any atom is 0.169 e. The minimum Gasteiger partial charge on any atom is -0.450 e. The van der Waals surface area contributed by atoms with Gasteiger partial charge in [-0.15, -0.1) is 0 Å². The molecule has 20 heavy (non-hydrogen) atoms. The molecule has 0 unspecified atom stereocenters. The number of nitriles is 1. The van der Waals surface area contributed by atoms with E-state index in [2.05, 4.69) is 25.9 Å². The van der Waals surface area contributed by atoms with Crippen LogP contribution in [0.4, 0.5) is 4.39 Å². The van der Waals surface area contributed by atoms with Crippen LogP contribution in [0.25, 0.3) is 22.7 Å². The Labute approximate surface area is 121 Å². The summed E-state index contributed by atoms with van der Waals surface area (Å²) in [7, 11) is 0. The maximum atomic E-state index is 13.1. The monoisotopic (exact) mass is 331 g/mol. The summed E-state index contributed by atoms with van der Waals surface area (Å²) < 4.78 is 19.0. The minimum atomic E-state index is -0.356. The van der Waals surface area contributed by atoms with Crippen molar-refractivity contribution in [2.24, 2.45) is 0 Å². The Hall–Kier alpha value is -2.39. The molecule has 0 atom stereocenters. The third-order valence-electron chi connectivity index (χ3n) is 2.70. The molecular formula is C14H7BrFN3O. The molecule has 0 aliphatic heterocycles. The molecule has 1 aromatic carbocycles. The smallest absolute Gasteiger partial charge is 0.169 e. The molecule has 0 bridgehead atoms. The lowest BCUT2D eigenvalue weighted by molar-refractivity contribution is 0.532. The quantitative estimate of drug-likeness (QED) is 0.718. The first-order valence-electron chi connectivity index (χ1n) is 5.68. The van der Waals surface area contributed by atoms with Crippen LogP contribution in [0.2, 0.25) is 0 Å². The molecule has 0 saturated carbocycles. The van der Waals surface area contributed by atoms with Crippen molar-refractivity contribution >= 4 is 38.6 Å². The van der Waals surface area contributed by atoms with Gasteiger partial charge in [-0.05, 0) is 46.3 Å². The van der Waals surface area contributed by atoms with Gasteiger partial charge in [0.15, 0.2) is 4.67 Å². The number of H-pyrrole nitrogens is 1. The normalized spacial score (nSPS) is 11.8. The molecule has 4 nitrogen and oxygen atoms in total. The van der Waals surface area contributed by atoms with Crippen molar-refractivity contribution in [2.45, 2.75) is 0 Å². The number of aromatic nitrogens is 2. The molecule has 0 fully saturated rings. The van der Waals surface area contributed by atoms with Crippen molar-refractivity contribution in [3.63, 3.8) is 0 Å². The van der Waals surface area contributed by atoms with Gasteiger partial charge in [-0.2, -0.15) is 5.26 Å². The number of rotatable bonds is 2. The van der Waals surface area contributed by atoms with Crippen LogP contribution in [0.15, 0.2) is 39.4 Å². The Morgan fingerprint density at radius 2 is 2.25 bits per heavy atom. The average molecular weight is 332 g/mol. The number of hydrogen-bond donors (Lipinski definition) is 1. The predicted octanol–water partition coefficient (Wildman–Crippen LogP) is 4.12. The highest BCUT2D eigenvalue weighted by atomic mass is 79.9. The van der Waals surface area contributed by atoms with Crippen molar-refractivity contribution < 1.29 is 8.81 Å². The summed E-state index contributed by atoms with van der Waals surface area (Å²) >= 11 is 3.19. The fourth-order valence-electron chi connectivity index (χ4n) is 1.81. The highest BCUT2D eigenvalue weighted by Gasteiger charge is 2.09. The molecule has 0 saturated heterocycles. The number of benzene rings is 1. The number of nitrogens with one attached hydrogen (secondary N) is 1. The SMILES string of the molecule is N#C/C(=C/c1ccc(Br)o1)c1nc2ccc(F)cc2[nH]1. The van der Waals surface area contributed by atoms with E-state index >= 15 is 0 Å². The molecule has 98 valence electrons. The van der Waals surface area contributed by atoms with E-state index < -0.39 is 0 Å². The first-order chi connectivity index (χ1) is 9.65. The van der Waals surface area contributed by atoms with Crippen molar-refractivity contribution in [3.05, 3.63) is 52.4 Å². The first kappa shape index (κ1) is 12.6. The van der Waals surface area contributed by atoms with E-state index in [1.165, 1.54) is 12.1 Å². The van der Waals surface area contributed by atoms with E-state index in [9.17, 15) is 9.65 Å². The van der Waals surface area contributed by atoms with Crippen LogP contribution in [-0.2, 0) is 0 Å². The van der Waals surface area contributed by atoms with Crippen LogP contribution in [-0.4, -0.2) is 9.97 Å². The minimum absolute atomic E-state index is 0.309. The van der Waals surface area contributed by atoms with Crippen molar-refractivity contribution in [2.75, 3.05) is 0 Å². The molecule has 0 aliphatic carbocycles. The molecule has 1 N–H and O–H groups in total. The van der Waals surface area contributed by atoms with Gasteiger partial charge in [0.2, 0.25) is 0 Å². The third-order valence-corrected chi connectivity index (χ3v) is 3.13. The summed E-state index contributed by atoms with van der Waals surface area (Å²) in [4.78, 5) is 7.18. The number of imidazole rings is 1. The van der Waals surface area contributed by atoms with Crippen LogP contribution < -0.4 is 0 Å². The van der Waals surface area contributed by atoms with Crippen LogP contribution in [0.5, 0.6) is 0 Å². The van der Waals surface area contributed by atoms with Crippen LogP contribution in [0.1, 0.15) is 11.6 Å². The van der Waals surface area contributed by atoms with Crippen LogP contribution in [0, 0.1) is 17.1 Å². The van der Waals surface area contributed by atoms with Crippen LogP contribution >= 0.6 is 15.9 Å². The Balaban J connectivity index is 2.07. The molecule has 0 spiro atoms. The lowest BCUT2D eigenvalue weighted by Gasteiger charge is -1.91. The van der Waals surface area contributed by atoms with E-state index in [1.807, 2.05) is 6.07 Å². The standard InChI is InChI=1S/C14H7BrFN3O/c15-13-4-2-10(20-13)5-8(7-17)14-18-11-3-1-9(16)6-12(11)19-14/h1-6H,(H,18,19)/b8-5-. The van der Waals surface area contributed by atoms with Crippen molar-refractivity contribution in [3.8, 4) is 6.07 Å². The van der Waals surface area contributed by atoms with Gasteiger partial charge in [0.1, 0.15) is 23.5 Å². The molecule has 6 heteroatoms. The number of nitrogens with zero attached hydrogens (tertiary/aromatic N) is 2. The van der Waals surface area contributed by atoms with E-state index in [-0.39, 0.29) is 5.82 Å². The second kappa shape index (κ2) is 4.94. The number of aromatic amines is 1. The Bertz CT molecular complexity index is 857. The number of hydrogen-bond acceptors (Lipinski definition) is 3. The zero-order valence-corrected chi connectivity index (χ0v) is 11.6. The summed E-state index contributed by atoms with van der Waals surface area (Å²) in [6.07, 6.45) is 1.57. The molecule has 3 rings (SSSR count). The summed E-state index contributed by atoms with van der Waals surface area (Å²) in [5, 5.41) is 9.22. The van der Waals surface area contributed by atoms with Gasteiger partial charge < -0.3 is 9.40 Å². The first-order valence-corrected chi connectivity index (χ1v) is 6.48. The molecular weight excluding hydrogens is 325 g/mol. The zero-order chi connectivity index (χ0) is 14.1. The second-order valence-corrected chi connectivity index (χ2v) is 4.84. The van der Waals surface area contributed by atoms with Crippen molar-refractivity contribution in [1.29, 1.82) is 5.26 Å². The Morgan fingerprint density at radius 1 is 1.40 bits per heavy atom. The fourth-order valence-corrected chi connectivity index (χ4v) is 2.13. The molecule has 0 radical (unpaired) electrons. The number of allylic oxidation sites excluding steroid dienone is 1. The summed E-state index contributed by atoms with van der Waals surface area (Å²) in [5.74, 6) is 0.547. The Morgan fingerprint density at radius 3 is 2.95 bits per heavy atom. The number of furan rings is 1. The van der Waals surface area contributed by atoms with E-state index in [0.717, 1.165) is 0 Å². The zero-order valence-electron chi connectivity index (χ0n) is 10.0. The molecule has 2 aromatic heterocycles. The van der Waals surface area contributed by atoms with Crippen molar-refractivity contribution in [1.82, 2.24) is 9.97 Å². The van der Waals surface area contributed by atoms with Gasteiger partial charge in [0.05, 0.1) is 16.6 Å². The lowest BCUT2D eigenvalue weighted by Crippen LogP contribution is -1.83. The predicted molar refractivity (Wildman–Crippen MR) is 75.9 cm³/mol. The highest BCUT2D eigenvalue weighted by molar-refractivity contribution is 9.10. The van der Waals surface area contributed by atoms with Gasteiger partial charge in [-0.25, -0.2) is 9.37 Å².